The Morgan fingerprint density at radius 1 is 1.11 bits per heavy atom. The van der Waals surface area contributed by atoms with E-state index in [1.54, 1.807) is 11.3 Å². The van der Waals surface area contributed by atoms with Crippen LogP contribution in [-0.2, 0) is 6.54 Å². The number of likely N-dealkylation sites (tertiary alicyclic amines) is 1. The van der Waals surface area contributed by atoms with Crippen LogP contribution < -0.4 is 4.74 Å². The van der Waals surface area contributed by atoms with Crippen LogP contribution in [0, 0.1) is 17.2 Å². The lowest BCUT2D eigenvalue weighted by Gasteiger charge is -2.27. The minimum absolute atomic E-state index is 0.465. The van der Waals surface area contributed by atoms with E-state index in [1.165, 1.54) is 21.6 Å². The Kier molecular flexibility index (Phi) is 4.20. The molecular weight excluding hydrogens is 352 g/mol. The van der Waals surface area contributed by atoms with Gasteiger partial charge in [-0.25, -0.2) is 0 Å². The summed E-state index contributed by atoms with van der Waals surface area (Å²) in [6, 6.07) is 21.3. The SMILES string of the molecule is N#Cc1ccc2c(c1)[C@@H]1CN(Cc3ccc(-c4cccs4)cc3)C[C@H]1CO2. The molecule has 3 aromatic rings. The summed E-state index contributed by atoms with van der Waals surface area (Å²) in [6.07, 6.45) is 0. The van der Waals surface area contributed by atoms with E-state index in [-0.39, 0.29) is 0 Å². The van der Waals surface area contributed by atoms with E-state index in [4.69, 9.17) is 4.74 Å². The molecule has 0 spiro atoms. The van der Waals surface area contributed by atoms with Crippen LogP contribution in [0.3, 0.4) is 0 Å². The van der Waals surface area contributed by atoms with Gasteiger partial charge >= 0.3 is 0 Å². The van der Waals surface area contributed by atoms with Crippen molar-refractivity contribution in [3.63, 3.8) is 0 Å². The molecule has 0 unspecified atom stereocenters. The van der Waals surface area contributed by atoms with Crippen LogP contribution in [0.4, 0.5) is 0 Å². The summed E-state index contributed by atoms with van der Waals surface area (Å²) in [6.45, 7) is 3.82. The molecule has 1 aromatic heterocycles. The summed E-state index contributed by atoms with van der Waals surface area (Å²) < 4.78 is 5.96. The molecule has 27 heavy (non-hydrogen) atoms. The second-order valence-electron chi connectivity index (χ2n) is 7.41. The number of nitrogens with zero attached hydrogens (tertiary/aromatic N) is 2. The summed E-state index contributed by atoms with van der Waals surface area (Å²) in [5.41, 5.74) is 4.57. The third-order valence-electron chi connectivity index (χ3n) is 5.67. The molecule has 1 saturated heterocycles. The maximum atomic E-state index is 9.22. The van der Waals surface area contributed by atoms with Crippen LogP contribution in [0.1, 0.15) is 22.6 Å². The van der Waals surface area contributed by atoms with Gasteiger partial charge in [-0.3, -0.25) is 4.90 Å². The van der Waals surface area contributed by atoms with Crippen molar-refractivity contribution in [1.82, 2.24) is 4.90 Å². The van der Waals surface area contributed by atoms with E-state index in [2.05, 4.69) is 52.7 Å². The third kappa shape index (κ3) is 3.14. The summed E-state index contributed by atoms with van der Waals surface area (Å²) in [5.74, 6) is 1.93. The van der Waals surface area contributed by atoms with E-state index in [1.807, 2.05) is 18.2 Å². The van der Waals surface area contributed by atoms with Crippen LogP contribution in [0.5, 0.6) is 5.75 Å². The Labute approximate surface area is 163 Å². The van der Waals surface area contributed by atoms with Crippen LogP contribution in [0.15, 0.2) is 60.0 Å². The average Bonchev–Trinajstić information content (AvgIpc) is 3.38. The molecule has 0 radical (unpaired) electrons. The highest BCUT2D eigenvalue weighted by molar-refractivity contribution is 7.13. The number of hydrogen-bond acceptors (Lipinski definition) is 4. The number of ether oxygens (including phenoxy) is 1. The third-order valence-corrected chi connectivity index (χ3v) is 6.59. The van der Waals surface area contributed by atoms with Crippen molar-refractivity contribution < 1.29 is 4.74 Å². The quantitative estimate of drug-likeness (QED) is 0.656. The lowest BCUT2D eigenvalue weighted by Crippen LogP contribution is -2.25. The summed E-state index contributed by atoms with van der Waals surface area (Å²) in [5, 5.41) is 11.3. The summed E-state index contributed by atoms with van der Waals surface area (Å²) >= 11 is 1.78. The number of hydrogen-bond donors (Lipinski definition) is 0. The van der Waals surface area contributed by atoms with Crippen molar-refractivity contribution in [2.24, 2.45) is 5.92 Å². The van der Waals surface area contributed by atoms with E-state index < -0.39 is 0 Å². The van der Waals surface area contributed by atoms with Gasteiger partial charge < -0.3 is 4.74 Å². The fourth-order valence-electron chi connectivity index (χ4n) is 4.32. The molecule has 3 nitrogen and oxygen atoms in total. The first kappa shape index (κ1) is 16.6. The second-order valence-corrected chi connectivity index (χ2v) is 8.36. The molecule has 0 saturated carbocycles. The molecule has 0 amide bonds. The predicted molar refractivity (Wildman–Crippen MR) is 108 cm³/mol. The zero-order valence-corrected chi connectivity index (χ0v) is 15.8. The van der Waals surface area contributed by atoms with Gasteiger partial charge in [0.15, 0.2) is 0 Å². The zero-order valence-electron chi connectivity index (χ0n) is 15.0. The van der Waals surface area contributed by atoms with Gasteiger partial charge in [-0.2, -0.15) is 5.26 Å². The van der Waals surface area contributed by atoms with Crippen molar-refractivity contribution in [3.8, 4) is 22.3 Å². The maximum absolute atomic E-state index is 9.22. The molecule has 4 heteroatoms. The highest BCUT2D eigenvalue weighted by atomic mass is 32.1. The van der Waals surface area contributed by atoms with Gasteiger partial charge in [-0.15, -0.1) is 11.3 Å². The molecular formula is C23H20N2OS. The van der Waals surface area contributed by atoms with E-state index in [9.17, 15) is 5.26 Å². The van der Waals surface area contributed by atoms with Crippen molar-refractivity contribution in [1.29, 1.82) is 5.26 Å². The first-order valence-corrected chi connectivity index (χ1v) is 10.2. The Hall–Kier alpha value is -2.61. The molecule has 0 aliphatic carbocycles. The maximum Gasteiger partial charge on any atom is 0.122 e. The lowest BCUT2D eigenvalue weighted by atomic mass is 9.86. The smallest absolute Gasteiger partial charge is 0.122 e. The molecule has 2 atom stereocenters. The van der Waals surface area contributed by atoms with Crippen molar-refractivity contribution in [2.75, 3.05) is 19.7 Å². The van der Waals surface area contributed by atoms with Gasteiger partial charge in [0.2, 0.25) is 0 Å². The van der Waals surface area contributed by atoms with Gasteiger partial charge in [0.25, 0.3) is 0 Å². The largest absolute Gasteiger partial charge is 0.493 e. The summed E-state index contributed by atoms with van der Waals surface area (Å²) in [7, 11) is 0. The highest BCUT2D eigenvalue weighted by Crippen LogP contribution is 2.42. The number of rotatable bonds is 3. The Balaban J connectivity index is 1.31. The molecule has 2 aromatic carbocycles. The molecule has 0 bridgehead atoms. The fourth-order valence-corrected chi connectivity index (χ4v) is 5.06. The van der Waals surface area contributed by atoms with Gasteiger partial charge in [0.05, 0.1) is 18.2 Å². The number of nitriles is 1. The minimum atomic E-state index is 0.465. The number of fused-ring (bicyclic) bond motifs is 3. The van der Waals surface area contributed by atoms with Crippen LogP contribution in [-0.4, -0.2) is 24.6 Å². The highest BCUT2D eigenvalue weighted by Gasteiger charge is 2.38. The van der Waals surface area contributed by atoms with E-state index in [0.29, 0.717) is 11.8 Å². The van der Waals surface area contributed by atoms with Gasteiger partial charge in [-0.1, -0.05) is 30.3 Å². The van der Waals surface area contributed by atoms with Gasteiger partial charge in [0.1, 0.15) is 5.75 Å². The Morgan fingerprint density at radius 2 is 2.00 bits per heavy atom. The average molecular weight is 372 g/mol. The number of benzene rings is 2. The zero-order chi connectivity index (χ0) is 18.2. The molecule has 1 fully saturated rings. The first-order chi connectivity index (χ1) is 13.3. The topological polar surface area (TPSA) is 36.3 Å². The predicted octanol–water partition coefficient (Wildman–Crippen LogP) is 4.89. The molecule has 5 rings (SSSR count). The van der Waals surface area contributed by atoms with Crippen molar-refractivity contribution >= 4 is 11.3 Å². The van der Waals surface area contributed by atoms with Gasteiger partial charge in [-0.05, 0) is 40.8 Å². The molecule has 2 aliphatic rings. The van der Waals surface area contributed by atoms with E-state index in [0.717, 1.165) is 37.6 Å². The van der Waals surface area contributed by atoms with Crippen LogP contribution in [0.25, 0.3) is 10.4 Å². The number of thiophene rings is 1. The lowest BCUT2D eigenvalue weighted by molar-refractivity contribution is 0.212. The first-order valence-electron chi connectivity index (χ1n) is 9.32. The molecule has 2 aliphatic heterocycles. The molecule has 134 valence electrons. The van der Waals surface area contributed by atoms with Crippen molar-refractivity contribution in [2.45, 2.75) is 12.5 Å². The monoisotopic (exact) mass is 372 g/mol. The normalized spacial score (nSPS) is 21.1. The van der Waals surface area contributed by atoms with E-state index >= 15 is 0 Å². The minimum Gasteiger partial charge on any atom is -0.493 e. The Morgan fingerprint density at radius 3 is 2.78 bits per heavy atom. The van der Waals surface area contributed by atoms with Crippen molar-refractivity contribution in [3.05, 3.63) is 76.7 Å². The Bertz CT molecular complexity index is 988. The standard InChI is InChI=1S/C23H20N2OS/c24-11-17-5-8-22-20(10-17)21-14-25(13-19(21)15-26-22)12-16-3-6-18(7-4-16)23-2-1-9-27-23/h1-10,19,21H,12-15H2/t19-,21+/m0/s1. The molecule has 0 N–H and O–H groups in total. The summed E-state index contributed by atoms with van der Waals surface area (Å²) in [4.78, 5) is 3.84. The van der Waals surface area contributed by atoms with Crippen LogP contribution >= 0.6 is 11.3 Å². The second kappa shape index (κ2) is 6.84. The van der Waals surface area contributed by atoms with Crippen LogP contribution in [0.2, 0.25) is 0 Å². The fraction of sp³-hybridized carbons (Fsp3) is 0.261. The molecule has 3 heterocycles. The van der Waals surface area contributed by atoms with Gasteiger partial charge in [0, 0.05) is 41.9 Å².